The highest BCUT2D eigenvalue weighted by atomic mass is 15.1. The van der Waals surface area contributed by atoms with E-state index in [2.05, 4.69) is 252 Å². The molecule has 2 heteroatoms. The minimum Gasteiger partial charge on any atom is -0.310 e. The van der Waals surface area contributed by atoms with Crippen molar-refractivity contribution in [3.8, 4) is 44.5 Å². The standard InChI is InChI=1S/C60H40N2/c1-2-17-47(18-3-1)61(57-25-10-15-45-13-4-6-19-50(45)57)48-35-31-43(32-36-48)41-27-29-42(30-28-41)44-33-37-49(38-34-44)62(58-26-11-16-46-14-5-7-20-51(46)58)59-40-39-55-53-22-9-8-21-52(53)54-23-12-24-56(59)60(54)55/h1-40H. The topological polar surface area (TPSA) is 6.48 Å². The Hall–Kier alpha value is -8.20. The first kappa shape index (κ1) is 35.7. The molecule has 0 aliphatic heterocycles. The van der Waals surface area contributed by atoms with E-state index in [9.17, 15) is 0 Å². The molecule has 0 heterocycles. The first-order valence-electron chi connectivity index (χ1n) is 21.3. The summed E-state index contributed by atoms with van der Waals surface area (Å²) in [7, 11) is 0. The lowest BCUT2D eigenvalue weighted by molar-refractivity contribution is 1.30. The molecule has 0 unspecified atom stereocenters. The van der Waals surface area contributed by atoms with Gasteiger partial charge in [0.25, 0.3) is 0 Å². The summed E-state index contributed by atoms with van der Waals surface area (Å²) in [6, 6.07) is 88.3. The predicted molar refractivity (Wildman–Crippen MR) is 264 cm³/mol. The highest BCUT2D eigenvalue weighted by Gasteiger charge is 2.25. The average Bonchev–Trinajstić information content (AvgIpc) is 3.68. The number of fused-ring (bicyclic) bond motifs is 5. The molecule has 0 saturated heterocycles. The highest BCUT2D eigenvalue weighted by molar-refractivity contribution is 6.19. The second-order valence-corrected chi connectivity index (χ2v) is 16.1. The lowest BCUT2D eigenvalue weighted by Crippen LogP contribution is -2.11. The second-order valence-electron chi connectivity index (χ2n) is 16.1. The molecule has 0 spiro atoms. The molecular formula is C60H40N2. The number of anilines is 6. The molecule has 2 nitrogen and oxygen atoms in total. The summed E-state index contributed by atoms with van der Waals surface area (Å²) in [5, 5.41) is 7.46. The number of para-hydroxylation sites is 1. The summed E-state index contributed by atoms with van der Waals surface area (Å²) < 4.78 is 0. The molecule has 0 radical (unpaired) electrons. The van der Waals surface area contributed by atoms with Crippen molar-refractivity contribution in [1.82, 2.24) is 0 Å². The van der Waals surface area contributed by atoms with Crippen LogP contribution in [0.15, 0.2) is 243 Å². The number of nitrogens with zero attached hydrogens (tertiary/aromatic N) is 2. The number of rotatable bonds is 8. The molecule has 12 rings (SSSR count). The molecule has 0 N–H and O–H groups in total. The molecule has 1 aliphatic carbocycles. The van der Waals surface area contributed by atoms with E-state index in [1.165, 1.54) is 82.5 Å². The zero-order valence-corrected chi connectivity index (χ0v) is 34.0. The third kappa shape index (κ3) is 5.96. The van der Waals surface area contributed by atoms with Gasteiger partial charge in [0.15, 0.2) is 0 Å². The van der Waals surface area contributed by atoms with Gasteiger partial charge in [-0.3, -0.25) is 0 Å². The van der Waals surface area contributed by atoms with Crippen LogP contribution < -0.4 is 9.80 Å². The minimum atomic E-state index is 1.12. The average molecular weight is 789 g/mol. The van der Waals surface area contributed by atoms with E-state index in [4.69, 9.17) is 0 Å². The Morgan fingerprint density at radius 3 is 1.16 bits per heavy atom. The zero-order chi connectivity index (χ0) is 41.0. The summed E-state index contributed by atoms with van der Waals surface area (Å²) >= 11 is 0. The molecule has 0 amide bonds. The van der Waals surface area contributed by atoms with Gasteiger partial charge in [-0.05, 0) is 115 Å². The fraction of sp³-hybridized carbons (Fsp3) is 0. The molecule has 1 aliphatic rings. The molecular weight excluding hydrogens is 749 g/mol. The first-order chi connectivity index (χ1) is 30.8. The van der Waals surface area contributed by atoms with Crippen LogP contribution in [0.1, 0.15) is 0 Å². The molecule has 0 aromatic heterocycles. The Morgan fingerprint density at radius 2 is 0.581 bits per heavy atom. The van der Waals surface area contributed by atoms with Crippen LogP contribution in [-0.4, -0.2) is 0 Å². The maximum absolute atomic E-state index is 2.45. The van der Waals surface area contributed by atoms with Crippen molar-refractivity contribution in [3.05, 3.63) is 243 Å². The van der Waals surface area contributed by atoms with Crippen LogP contribution in [0.5, 0.6) is 0 Å². The minimum absolute atomic E-state index is 1.12. The molecule has 0 fully saturated rings. The van der Waals surface area contributed by atoms with Gasteiger partial charge >= 0.3 is 0 Å². The van der Waals surface area contributed by atoms with Gasteiger partial charge in [0.05, 0.1) is 17.1 Å². The molecule has 62 heavy (non-hydrogen) atoms. The highest BCUT2D eigenvalue weighted by Crippen LogP contribution is 2.51. The molecule has 0 atom stereocenters. The van der Waals surface area contributed by atoms with Crippen molar-refractivity contribution in [1.29, 1.82) is 0 Å². The first-order valence-corrected chi connectivity index (χ1v) is 21.3. The zero-order valence-electron chi connectivity index (χ0n) is 34.0. The van der Waals surface area contributed by atoms with Crippen molar-refractivity contribution in [3.63, 3.8) is 0 Å². The van der Waals surface area contributed by atoms with Gasteiger partial charge in [-0.1, -0.05) is 188 Å². The third-order valence-corrected chi connectivity index (χ3v) is 12.6. The van der Waals surface area contributed by atoms with Crippen LogP contribution in [0, 0.1) is 0 Å². The van der Waals surface area contributed by atoms with Crippen LogP contribution in [0.2, 0.25) is 0 Å². The summed E-state index contributed by atoms with van der Waals surface area (Å²) in [5.41, 5.74) is 16.8. The summed E-state index contributed by atoms with van der Waals surface area (Å²) in [6.07, 6.45) is 0. The van der Waals surface area contributed by atoms with Crippen molar-refractivity contribution < 1.29 is 0 Å². The Morgan fingerprint density at radius 1 is 0.210 bits per heavy atom. The smallest absolute Gasteiger partial charge is 0.0540 e. The monoisotopic (exact) mass is 788 g/mol. The predicted octanol–water partition coefficient (Wildman–Crippen LogP) is 17.1. The Bertz CT molecular complexity index is 3400. The van der Waals surface area contributed by atoms with Crippen LogP contribution in [0.4, 0.5) is 34.1 Å². The molecule has 0 bridgehead atoms. The number of benzene rings is 11. The molecule has 11 aromatic rings. The summed E-state index contributed by atoms with van der Waals surface area (Å²) in [5.74, 6) is 0. The van der Waals surface area contributed by atoms with E-state index in [1.54, 1.807) is 0 Å². The SMILES string of the molecule is c1ccc(N(c2ccc(-c3ccc(-c4ccc(N(c5cccc6ccccc56)c5ccc6c7c(cccc57)-c5ccccc5-6)cc4)cc3)cc2)c2cccc3ccccc23)cc1. The van der Waals surface area contributed by atoms with Crippen molar-refractivity contribution in [2.75, 3.05) is 9.80 Å². The van der Waals surface area contributed by atoms with Gasteiger partial charge < -0.3 is 9.80 Å². The van der Waals surface area contributed by atoms with Gasteiger partial charge in [0.1, 0.15) is 0 Å². The van der Waals surface area contributed by atoms with Gasteiger partial charge in [0, 0.05) is 33.2 Å². The fourth-order valence-corrected chi connectivity index (χ4v) is 9.67. The normalized spacial score (nSPS) is 11.5. The molecule has 290 valence electrons. The fourth-order valence-electron chi connectivity index (χ4n) is 9.67. The Labute approximate surface area is 361 Å². The molecule has 0 saturated carbocycles. The maximum Gasteiger partial charge on any atom is 0.0540 e. The van der Waals surface area contributed by atoms with E-state index in [0.717, 1.165) is 28.4 Å². The number of hydrogen-bond acceptors (Lipinski definition) is 2. The Kier molecular flexibility index (Phi) is 8.53. The summed E-state index contributed by atoms with van der Waals surface area (Å²) in [4.78, 5) is 4.80. The largest absolute Gasteiger partial charge is 0.310 e. The lowest BCUT2D eigenvalue weighted by Gasteiger charge is -2.28. The van der Waals surface area contributed by atoms with Crippen LogP contribution in [0.3, 0.4) is 0 Å². The van der Waals surface area contributed by atoms with E-state index in [-0.39, 0.29) is 0 Å². The van der Waals surface area contributed by atoms with Crippen molar-refractivity contribution in [2.45, 2.75) is 0 Å². The van der Waals surface area contributed by atoms with Gasteiger partial charge in [0.2, 0.25) is 0 Å². The van der Waals surface area contributed by atoms with E-state index >= 15 is 0 Å². The van der Waals surface area contributed by atoms with Crippen molar-refractivity contribution >= 4 is 66.4 Å². The quantitative estimate of drug-likeness (QED) is 0.151. The lowest BCUT2D eigenvalue weighted by atomic mass is 9.98. The van der Waals surface area contributed by atoms with Crippen LogP contribution in [-0.2, 0) is 0 Å². The maximum atomic E-state index is 2.45. The third-order valence-electron chi connectivity index (χ3n) is 12.6. The Balaban J connectivity index is 0.881. The second kappa shape index (κ2) is 14.8. The van der Waals surface area contributed by atoms with E-state index in [1.807, 2.05) is 0 Å². The van der Waals surface area contributed by atoms with Crippen LogP contribution >= 0.6 is 0 Å². The van der Waals surface area contributed by atoms with Gasteiger partial charge in [-0.25, -0.2) is 0 Å². The number of hydrogen-bond donors (Lipinski definition) is 0. The van der Waals surface area contributed by atoms with Gasteiger partial charge in [-0.2, -0.15) is 0 Å². The van der Waals surface area contributed by atoms with E-state index in [0.29, 0.717) is 0 Å². The van der Waals surface area contributed by atoms with Crippen molar-refractivity contribution in [2.24, 2.45) is 0 Å². The van der Waals surface area contributed by atoms with E-state index < -0.39 is 0 Å². The molecule has 11 aromatic carbocycles. The van der Waals surface area contributed by atoms with Crippen LogP contribution in [0.25, 0.3) is 76.8 Å². The summed E-state index contributed by atoms with van der Waals surface area (Å²) in [6.45, 7) is 0. The van der Waals surface area contributed by atoms with Gasteiger partial charge in [-0.15, -0.1) is 0 Å².